The molecule has 0 bridgehead atoms. The molecule has 2 aromatic heterocycles. The van der Waals surface area contributed by atoms with E-state index in [-0.39, 0.29) is 12.2 Å². The highest BCUT2D eigenvalue weighted by molar-refractivity contribution is 5.95. The lowest BCUT2D eigenvalue weighted by Crippen LogP contribution is -2.18. The molecule has 7 nitrogen and oxygen atoms in total. The molecule has 0 fully saturated rings. The number of Topliss-reactive ketones (excluding diaryl/α,β-unsaturated/α-hetero) is 1. The zero-order chi connectivity index (χ0) is 24.2. The number of imidazole rings is 1. The van der Waals surface area contributed by atoms with Gasteiger partial charge in [-0.05, 0) is 42.5 Å². The van der Waals surface area contributed by atoms with Crippen molar-refractivity contribution in [2.75, 3.05) is 0 Å². The molecule has 0 aliphatic heterocycles. The predicted molar refractivity (Wildman–Crippen MR) is 123 cm³/mol. The second kappa shape index (κ2) is 9.87. The number of carboxylic acids is 1. The van der Waals surface area contributed by atoms with E-state index < -0.39 is 29.7 Å². The van der Waals surface area contributed by atoms with Crippen molar-refractivity contribution in [2.45, 2.75) is 45.1 Å². The Labute approximate surface area is 191 Å². The van der Waals surface area contributed by atoms with Crippen LogP contribution in [0.2, 0.25) is 0 Å². The Kier molecular flexibility index (Phi) is 7.18. The molecular weight excluding hydrogens is 425 g/mol. The first-order valence-corrected chi connectivity index (χ1v) is 10.4. The van der Waals surface area contributed by atoms with E-state index in [0.717, 1.165) is 11.1 Å². The average molecular weight is 451 g/mol. The van der Waals surface area contributed by atoms with Crippen LogP contribution < -0.4 is 0 Å². The summed E-state index contributed by atoms with van der Waals surface area (Å²) in [6.07, 6.45) is 4.27. The number of ketones is 1. The van der Waals surface area contributed by atoms with Crippen molar-refractivity contribution in [2.24, 2.45) is 0 Å². The standard InChI is InChI=1S/C25H26FN3O4/c1-25(2,3)24-28-22(16-4-6-18(26)7-5-16)23(17-8-11-27-12-9-17)29(24)13-10-19(30)14-20(31)15-21(32)33/h4-13,19,30H,14-15H2,1-3H3,(H,32,33). The first kappa shape index (κ1) is 24.0. The average Bonchev–Trinajstić information content (AvgIpc) is 3.13. The number of benzene rings is 1. The summed E-state index contributed by atoms with van der Waals surface area (Å²) in [6.45, 7) is 5.99. The Morgan fingerprint density at radius 2 is 1.73 bits per heavy atom. The number of aliphatic hydroxyl groups excluding tert-OH is 1. The number of hydrogen-bond acceptors (Lipinski definition) is 5. The summed E-state index contributed by atoms with van der Waals surface area (Å²) in [4.78, 5) is 31.5. The van der Waals surface area contributed by atoms with Crippen LogP contribution in [0.15, 0.2) is 54.9 Å². The van der Waals surface area contributed by atoms with Gasteiger partial charge in [-0.2, -0.15) is 0 Å². The molecule has 1 unspecified atom stereocenters. The van der Waals surface area contributed by atoms with Crippen LogP contribution in [-0.2, 0) is 15.0 Å². The van der Waals surface area contributed by atoms with Crippen molar-refractivity contribution < 1.29 is 24.2 Å². The number of rotatable bonds is 8. The molecule has 0 aliphatic rings. The van der Waals surface area contributed by atoms with Gasteiger partial charge in [0.15, 0.2) is 0 Å². The number of carbonyl (C=O) groups is 2. The van der Waals surface area contributed by atoms with Crippen molar-refractivity contribution in [3.63, 3.8) is 0 Å². The third-order valence-corrected chi connectivity index (χ3v) is 4.90. The lowest BCUT2D eigenvalue weighted by Gasteiger charge is -2.19. The molecular formula is C25H26FN3O4. The normalized spacial score (nSPS) is 12.8. The summed E-state index contributed by atoms with van der Waals surface area (Å²) in [6, 6.07) is 9.70. The second-order valence-electron chi connectivity index (χ2n) is 8.72. The maximum absolute atomic E-state index is 13.6. The van der Waals surface area contributed by atoms with Crippen LogP contribution >= 0.6 is 0 Å². The third kappa shape index (κ3) is 5.98. The van der Waals surface area contributed by atoms with Gasteiger partial charge < -0.3 is 14.8 Å². The van der Waals surface area contributed by atoms with Crippen LogP contribution in [0.3, 0.4) is 0 Å². The Balaban J connectivity index is 2.13. The van der Waals surface area contributed by atoms with Crippen LogP contribution in [0, 0.1) is 5.82 Å². The molecule has 3 aromatic rings. The summed E-state index contributed by atoms with van der Waals surface area (Å²) >= 11 is 0. The van der Waals surface area contributed by atoms with E-state index in [1.54, 1.807) is 30.7 Å². The van der Waals surface area contributed by atoms with Gasteiger partial charge in [-0.1, -0.05) is 20.8 Å². The zero-order valence-electron chi connectivity index (χ0n) is 18.7. The zero-order valence-corrected chi connectivity index (χ0v) is 18.7. The molecule has 0 amide bonds. The minimum atomic E-state index is -1.23. The Bertz CT molecular complexity index is 1160. The molecule has 0 aliphatic carbocycles. The minimum Gasteiger partial charge on any atom is -0.481 e. The molecule has 0 saturated carbocycles. The fourth-order valence-corrected chi connectivity index (χ4v) is 3.43. The van der Waals surface area contributed by atoms with Crippen LogP contribution in [0.1, 0.15) is 39.4 Å². The van der Waals surface area contributed by atoms with Crippen molar-refractivity contribution >= 4 is 18.0 Å². The highest BCUT2D eigenvalue weighted by Gasteiger charge is 2.27. The number of hydrogen-bond donors (Lipinski definition) is 2. The predicted octanol–water partition coefficient (Wildman–Crippen LogP) is 4.31. The fourth-order valence-electron chi connectivity index (χ4n) is 3.43. The van der Waals surface area contributed by atoms with Crippen molar-refractivity contribution in [3.05, 3.63) is 66.5 Å². The fraction of sp³-hybridized carbons (Fsp3) is 0.280. The summed E-state index contributed by atoms with van der Waals surface area (Å²) in [5.74, 6) is -1.46. The van der Waals surface area contributed by atoms with Crippen LogP contribution in [0.25, 0.3) is 28.7 Å². The highest BCUT2D eigenvalue weighted by atomic mass is 19.1. The smallest absolute Gasteiger partial charge is 0.310 e. The topological polar surface area (TPSA) is 105 Å². The number of nitrogens with zero attached hydrogens (tertiary/aromatic N) is 3. The van der Waals surface area contributed by atoms with Gasteiger partial charge in [0.1, 0.15) is 23.8 Å². The van der Waals surface area contributed by atoms with Gasteiger partial charge >= 0.3 is 5.97 Å². The molecule has 3 rings (SSSR count). The lowest BCUT2D eigenvalue weighted by molar-refractivity contribution is -0.140. The minimum absolute atomic E-state index is 0.308. The number of aliphatic carboxylic acids is 1. The lowest BCUT2D eigenvalue weighted by atomic mass is 9.95. The van der Waals surface area contributed by atoms with Gasteiger partial charge in [0.05, 0.1) is 17.5 Å². The van der Waals surface area contributed by atoms with Gasteiger partial charge in [-0.25, -0.2) is 9.37 Å². The third-order valence-electron chi connectivity index (χ3n) is 4.90. The molecule has 1 aromatic carbocycles. The highest BCUT2D eigenvalue weighted by Crippen LogP contribution is 2.36. The van der Waals surface area contributed by atoms with E-state index in [1.165, 1.54) is 18.2 Å². The largest absolute Gasteiger partial charge is 0.481 e. The monoisotopic (exact) mass is 451 g/mol. The number of aliphatic hydroxyl groups is 1. The van der Waals surface area contributed by atoms with E-state index in [1.807, 2.05) is 37.5 Å². The maximum Gasteiger partial charge on any atom is 0.310 e. The van der Waals surface area contributed by atoms with E-state index in [4.69, 9.17) is 10.1 Å². The van der Waals surface area contributed by atoms with E-state index >= 15 is 0 Å². The Hall–Kier alpha value is -3.65. The first-order chi connectivity index (χ1) is 15.6. The van der Waals surface area contributed by atoms with Gasteiger partial charge in [-0.3, -0.25) is 14.6 Å². The number of carbonyl (C=O) groups excluding carboxylic acids is 1. The first-order valence-electron chi connectivity index (χ1n) is 10.4. The summed E-state index contributed by atoms with van der Waals surface area (Å²) < 4.78 is 15.4. The van der Waals surface area contributed by atoms with E-state index in [2.05, 4.69) is 4.98 Å². The van der Waals surface area contributed by atoms with Crippen LogP contribution in [0.5, 0.6) is 0 Å². The Morgan fingerprint density at radius 3 is 2.30 bits per heavy atom. The van der Waals surface area contributed by atoms with Crippen LogP contribution in [0.4, 0.5) is 4.39 Å². The molecule has 8 heteroatoms. The molecule has 172 valence electrons. The maximum atomic E-state index is 13.6. The van der Waals surface area contributed by atoms with E-state index in [9.17, 15) is 19.1 Å². The number of pyridine rings is 1. The summed E-state index contributed by atoms with van der Waals surface area (Å²) in [5.41, 5.74) is 2.49. The molecule has 0 spiro atoms. The van der Waals surface area contributed by atoms with Crippen molar-refractivity contribution in [1.29, 1.82) is 0 Å². The number of aromatic nitrogens is 3. The molecule has 2 heterocycles. The molecule has 0 radical (unpaired) electrons. The SMILES string of the molecule is CC(C)(C)c1nc(-c2ccc(F)cc2)c(-c2ccncc2)n1C=CC(O)CC(=O)CC(=O)O. The van der Waals surface area contributed by atoms with Gasteiger partial charge in [-0.15, -0.1) is 0 Å². The van der Waals surface area contributed by atoms with Crippen molar-refractivity contribution in [1.82, 2.24) is 14.5 Å². The van der Waals surface area contributed by atoms with E-state index in [0.29, 0.717) is 17.2 Å². The van der Waals surface area contributed by atoms with Gasteiger partial charge in [0, 0.05) is 41.6 Å². The molecule has 1 atom stereocenters. The van der Waals surface area contributed by atoms with Crippen molar-refractivity contribution in [3.8, 4) is 22.5 Å². The molecule has 33 heavy (non-hydrogen) atoms. The molecule has 0 saturated heterocycles. The second-order valence-corrected chi connectivity index (χ2v) is 8.72. The summed E-state index contributed by atoms with van der Waals surface area (Å²) in [5, 5.41) is 19.1. The number of halogens is 1. The quantitative estimate of drug-likeness (QED) is 0.495. The van der Waals surface area contributed by atoms with Crippen LogP contribution in [-0.4, -0.2) is 42.6 Å². The molecule has 2 N–H and O–H groups in total. The van der Waals surface area contributed by atoms with Gasteiger partial charge in [0.2, 0.25) is 0 Å². The number of carboxylic acid groups (broad SMARTS) is 1. The van der Waals surface area contributed by atoms with Gasteiger partial charge in [0.25, 0.3) is 0 Å². The summed E-state index contributed by atoms with van der Waals surface area (Å²) in [7, 11) is 0. The Morgan fingerprint density at radius 1 is 1.09 bits per heavy atom.